The van der Waals surface area contributed by atoms with E-state index in [1.54, 1.807) is 12.1 Å². The van der Waals surface area contributed by atoms with E-state index < -0.39 is 0 Å². The van der Waals surface area contributed by atoms with Crippen molar-refractivity contribution in [2.75, 3.05) is 5.73 Å². The van der Waals surface area contributed by atoms with Crippen LogP contribution >= 0.6 is 12.6 Å². The van der Waals surface area contributed by atoms with Gasteiger partial charge in [-0.25, -0.2) is 0 Å². The van der Waals surface area contributed by atoms with Crippen molar-refractivity contribution < 1.29 is 5.11 Å². The molecular weight excluding hydrogens is 182 g/mol. The molecule has 0 fully saturated rings. The van der Waals surface area contributed by atoms with E-state index in [2.05, 4.69) is 12.6 Å². The van der Waals surface area contributed by atoms with Gasteiger partial charge in [-0.1, -0.05) is 12.1 Å². The minimum atomic E-state index is 0.217. The van der Waals surface area contributed by atoms with E-state index in [0.717, 1.165) is 10.8 Å². The number of nitrogens with two attached hydrogens (primary N) is 1. The van der Waals surface area contributed by atoms with Crippen molar-refractivity contribution in [2.24, 2.45) is 0 Å². The third-order valence-electron chi connectivity index (χ3n) is 1.99. The monoisotopic (exact) mass is 191 g/mol. The van der Waals surface area contributed by atoms with Crippen LogP contribution in [0.1, 0.15) is 0 Å². The van der Waals surface area contributed by atoms with Crippen LogP contribution in [0, 0.1) is 0 Å². The summed E-state index contributed by atoms with van der Waals surface area (Å²) in [5.41, 5.74) is 6.41. The Balaban J connectivity index is 2.94. The number of anilines is 1. The lowest BCUT2D eigenvalue weighted by molar-refractivity contribution is 0.480. The maximum Gasteiger partial charge on any atom is 0.124 e. The summed E-state index contributed by atoms with van der Waals surface area (Å²) in [5, 5.41) is 11.2. The fourth-order valence-corrected chi connectivity index (χ4v) is 1.63. The molecule has 3 heteroatoms. The summed E-state index contributed by atoms with van der Waals surface area (Å²) in [4.78, 5) is 0.711. The fraction of sp³-hybridized carbons (Fsp3) is 0. The van der Waals surface area contributed by atoms with Gasteiger partial charge >= 0.3 is 0 Å². The molecule has 3 N–H and O–H groups in total. The first-order valence-electron chi connectivity index (χ1n) is 3.88. The van der Waals surface area contributed by atoms with Gasteiger partial charge in [-0.3, -0.25) is 0 Å². The van der Waals surface area contributed by atoms with Crippen LogP contribution < -0.4 is 5.73 Å². The van der Waals surface area contributed by atoms with Crippen LogP contribution in [0.25, 0.3) is 10.8 Å². The summed E-state index contributed by atoms with van der Waals surface area (Å²) in [7, 11) is 0. The summed E-state index contributed by atoms with van der Waals surface area (Å²) in [6.07, 6.45) is 0. The Morgan fingerprint density at radius 3 is 2.69 bits per heavy atom. The molecule has 0 heterocycles. The topological polar surface area (TPSA) is 46.2 Å². The second-order valence-electron chi connectivity index (χ2n) is 2.91. The second kappa shape index (κ2) is 2.85. The molecule has 13 heavy (non-hydrogen) atoms. The van der Waals surface area contributed by atoms with Crippen molar-refractivity contribution in [3.8, 4) is 5.75 Å². The molecule has 2 aromatic rings. The minimum Gasteiger partial charge on any atom is -0.507 e. The molecule has 66 valence electrons. The average molecular weight is 191 g/mol. The quantitative estimate of drug-likeness (QED) is 0.442. The van der Waals surface area contributed by atoms with Gasteiger partial charge in [0, 0.05) is 21.4 Å². The molecule has 0 amide bonds. The van der Waals surface area contributed by atoms with E-state index in [4.69, 9.17) is 5.73 Å². The van der Waals surface area contributed by atoms with E-state index in [1.165, 1.54) is 0 Å². The van der Waals surface area contributed by atoms with Gasteiger partial charge in [-0.05, 0) is 18.2 Å². The van der Waals surface area contributed by atoms with Crippen molar-refractivity contribution in [1.29, 1.82) is 0 Å². The Bertz CT molecular complexity index is 468. The highest BCUT2D eigenvalue weighted by Gasteiger charge is 2.02. The third-order valence-corrected chi connectivity index (χ3v) is 2.25. The largest absolute Gasteiger partial charge is 0.507 e. The molecule has 0 atom stereocenters. The second-order valence-corrected chi connectivity index (χ2v) is 3.42. The van der Waals surface area contributed by atoms with Gasteiger partial charge in [0.05, 0.1) is 0 Å². The number of nitrogen functional groups attached to an aromatic ring is 1. The molecule has 0 aliphatic heterocycles. The van der Waals surface area contributed by atoms with Crippen LogP contribution in [-0.4, -0.2) is 5.11 Å². The van der Waals surface area contributed by atoms with Crippen LogP contribution in [0.2, 0.25) is 0 Å². The van der Waals surface area contributed by atoms with Crippen LogP contribution in [0.15, 0.2) is 35.2 Å². The summed E-state index contributed by atoms with van der Waals surface area (Å²) >= 11 is 4.16. The molecule has 2 aromatic carbocycles. The lowest BCUT2D eigenvalue weighted by Crippen LogP contribution is -1.86. The van der Waals surface area contributed by atoms with Crippen LogP contribution in [0.3, 0.4) is 0 Å². The van der Waals surface area contributed by atoms with Crippen LogP contribution in [0.5, 0.6) is 5.75 Å². The Labute approximate surface area is 81.4 Å². The summed E-state index contributed by atoms with van der Waals surface area (Å²) in [6, 6.07) is 8.89. The molecule has 0 bridgehead atoms. The molecule has 2 rings (SSSR count). The van der Waals surface area contributed by atoms with E-state index >= 15 is 0 Å². The molecule has 0 saturated heterocycles. The van der Waals surface area contributed by atoms with Gasteiger partial charge < -0.3 is 10.8 Å². The third kappa shape index (κ3) is 1.31. The molecule has 0 unspecified atom stereocenters. The van der Waals surface area contributed by atoms with E-state index in [-0.39, 0.29) is 5.75 Å². The molecular formula is C10H9NOS. The number of aromatic hydroxyl groups is 1. The molecule has 0 radical (unpaired) electrons. The highest BCUT2D eigenvalue weighted by molar-refractivity contribution is 7.80. The lowest BCUT2D eigenvalue weighted by atomic mass is 10.1. The first-order valence-corrected chi connectivity index (χ1v) is 4.33. The molecule has 0 spiro atoms. The van der Waals surface area contributed by atoms with Crippen molar-refractivity contribution in [1.82, 2.24) is 0 Å². The molecule has 0 aliphatic rings. The average Bonchev–Trinajstić information content (AvgIpc) is 2.07. The highest BCUT2D eigenvalue weighted by atomic mass is 32.1. The number of phenols is 1. The zero-order valence-electron chi connectivity index (χ0n) is 6.86. The zero-order valence-corrected chi connectivity index (χ0v) is 7.75. The summed E-state index contributed by atoms with van der Waals surface area (Å²) < 4.78 is 0. The van der Waals surface area contributed by atoms with Gasteiger partial charge in [0.1, 0.15) is 5.75 Å². The lowest BCUT2D eigenvalue weighted by Gasteiger charge is -2.04. The fourth-order valence-electron chi connectivity index (χ4n) is 1.37. The number of fused-ring (bicyclic) bond motifs is 1. The first-order chi connectivity index (χ1) is 6.18. The minimum absolute atomic E-state index is 0.217. The SMILES string of the molecule is Nc1cccc2c(O)cc(S)cc12. The number of phenolic OH excluding ortho intramolecular Hbond substituents is 1. The maximum atomic E-state index is 9.57. The maximum absolute atomic E-state index is 9.57. The van der Waals surface area contributed by atoms with Crippen LogP contribution in [0.4, 0.5) is 5.69 Å². The number of hydrogen-bond acceptors (Lipinski definition) is 3. The van der Waals surface area contributed by atoms with Crippen molar-refractivity contribution in [2.45, 2.75) is 4.90 Å². The molecule has 0 saturated carbocycles. The van der Waals surface area contributed by atoms with Gasteiger partial charge in [0.2, 0.25) is 0 Å². The Hall–Kier alpha value is -1.35. The predicted molar refractivity (Wildman–Crippen MR) is 57.3 cm³/mol. The Morgan fingerprint density at radius 1 is 1.15 bits per heavy atom. The van der Waals surface area contributed by atoms with E-state index in [0.29, 0.717) is 10.6 Å². The highest BCUT2D eigenvalue weighted by Crippen LogP contribution is 2.31. The van der Waals surface area contributed by atoms with Gasteiger partial charge in [0.15, 0.2) is 0 Å². The summed E-state index contributed by atoms with van der Waals surface area (Å²) in [6.45, 7) is 0. The Kier molecular flexibility index (Phi) is 1.81. The van der Waals surface area contributed by atoms with Gasteiger partial charge in [-0.15, -0.1) is 12.6 Å². The number of rotatable bonds is 0. The number of benzene rings is 2. The van der Waals surface area contributed by atoms with E-state index in [1.807, 2.05) is 18.2 Å². The van der Waals surface area contributed by atoms with Gasteiger partial charge in [-0.2, -0.15) is 0 Å². The smallest absolute Gasteiger partial charge is 0.124 e. The Morgan fingerprint density at radius 2 is 1.92 bits per heavy atom. The molecule has 0 aliphatic carbocycles. The normalized spacial score (nSPS) is 10.5. The molecule has 0 aromatic heterocycles. The van der Waals surface area contributed by atoms with Gasteiger partial charge in [0.25, 0.3) is 0 Å². The van der Waals surface area contributed by atoms with Crippen molar-refractivity contribution in [3.63, 3.8) is 0 Å². The first kappa shape index (κ1) is 8.26. The summed E-state index contributed by atoms with van der Waals surface area (Å²) in [5.74, 6) is 0.217. The predicted octanol–water partition coefficient (Wildman–Crippen LogP) is 2.42. The number of hydrogen-bond donors (Lipinski definition) is 3. The zero-order chi connectivity index (χ0) is 9.42. The van der Waals surface area contributed by atoms with Crippen LogP contribution in [-0.2, 0) is 0 Å². The number of thiol groups is 1. The standard InChI is InChI=1S/C10H9NOS/c11-9-3-1-2-7-8(9)4-6(13)5-10(7)12/h1-5,12-13H,11H2. The van der Waals surface area contributed by atoms with Crippen molar-refractivity contribution in [3.05, 3.63) is 30.3 Å². The van der Waals surface area contributed by atoms with E-state index in [9.17, 15) is 5.11 Å². The van der Waals surface area contributed by atoms with Crippen molar-refractivity contribution >= 4 is 29.1 Å². The molecule has 2 nitrogen and oxygen atoms in total.